The van der Waals surface area contributed by atoms with E-state index in [0.717, 1.165) is 13.2 Å². The molecule has 0 aliphatic carbocycles. The standard InChI is InChI=1S/C11H12F2N2O4/c1-18-10(16)6-2-3-7(9(13)8(6)12)15-4-5-19-11(14)17/h2-3,15H,4-5H2,1H3,(H2,14,17). The Kier molecular flexibility index (Phi) is 5.04. The van der Waals surface area contributed by atoms with E-state index in [9.17, 15) is 18.4 Å². The number of hydrogen-bond acceptors (Lipinski definition) is 5. The topological polar surface area (TPSA) is 90.7 Å². The van der Waals surface area contributed by atoms with Crippen LogP contribution in [0.3, 0.4) is 0 Å². The summed E-state index contributed by atoms with van der Waals surface area (Å²) in [6.07, 6.45) is -0.963. The van der Waals surface area contributed by atoms with Crippen LogP contribution in [-0.2, 0) is 9.47 Å². The predicted molar refractivity (Wildman–Crippen MR) is 61.7 cm³/mol. The first-order chi connectivity index (χ1) is 8.97. The van der Waals surface area contributed by atoms with Gasteiger partial charge in [0.05, 0.1) is 18.4 Å². The second-order valence-electron chi connectivity index (χ2n) is 3.37. The first-order valence-electron chi connectivity index (χ1n) is 5.19. The molecule has 0 unspecified atom stereocenters. The summed E-state index contributed by atoms with van der Waals surface area (Å²) in [4.78, 5) is 21.4. The third kappa shape index (κ3) is 3.80. The van der Waals surface area contributed by atoms with Gasteiger partial charge >= 0.3 is 12.1 Å². The van der Waals surface area contributed by atoms with E-state index < -0.39 is 29.3 Å². The number of carbonyl (C=O) groups excluding carboxylic acids is 2. The van der Waals surface area contributed by atoms with Gasteiger partial charge in [-0.05, 0) is 12.1 Å². The van der Waals surface area contributed by atoms with E-state index in [2.05, 4.69) is 14.8 Å². The molecule has 104 valence electrons. The fourth-order valence-corrected chi connectivity index (χ4v) is 1.29. The zero-order valence-electron chi connectivity index (χ0n) is 10.0. The highest BCUT2D eigenvalue weighted by atomic mass is 19.2. The number of primary amides is 1. The molecule has 6 nitrogen and oxygen atoms in total. The molecule has 0 aliphatic rings. The van der Waals surface area contributed by atoms with Crippen molar-refractivity contribution in [2.45, 2.75) is 0 Å². The van der Waals surface area contributed by atoms with Crippen LogP contribution >= 0.6 is 0 Å². The van der Waals surface area contributed by atoms with Crippen LogP contribution in [0.2, 0.25) is 0 Å². The molecule has 0 heterocycles. The number of anilines is 1. The lowest BCUT2D eigenvalue weighted by molar-refractivity contribution is 0.0594. The Morgan fingerprint density at radius 2 is 2.00 bits per heavy atom. The van der Waals surface area contributed by atoms with Gasteiger partial charge < -0.3 is 20.5 Å². The van der Waals surface area contributed by atoms with Crippen molar-refractivity contribution in [1.82, 2.24) is 0 Å². The minimum atomic E-state index is -1.31. The fourth-order valence-electron chi connectivity index (χ4n) is 1.29. The molecule has 0 saturated heterocycles. The second-order valence-corrected chi connectivity index (χ2v) is 3.37. The van der Waals surface area contributed by atoms with E-state index in [-0.39, 0.29) is 18.8 Å². The van der Waals surface area contributed by atoms with Gasteiger partial charge in [0, 0.05) is 6.54 Å². The molecule has 3 N–H and O–H groups in total. The molecule has 0 spiro atoms. The summed E-state index contributed by atoms with van der Waals surface area (Å²) in [6, 6.07) is 2.26. The smallest absolute Gasteiger partial charge is 0.404 e. The van der Waals surface area contributed by atoms with Crippen molar-refractivity contribution in [2.75, 3.05) is 25.6 Å². The van der Waals surface area contributed by atoms with Crippen molar-refractivity contribution in [3.63, 3.8) is 0 Å². The Hall–Kier alpha value is -2.38. The molecular weight excluding hydrogens is 262 g/mol. The van der Waals surface area contributed by atoms with E-state index in [1.165, 1.54) is 6.07 Å². The maximum atomic E-state index is 13.6. The summed E-state index contributed by atoms with van der Waals surface area (Å²) in [7, 11) is 1.06. The monoisotopic (exact) mass is 274 g/mol. The molecule has 1 rings (SSSR count). The van der Waals surface area contributed by atoms with Gasteiger partial charge in [0.25, 0.3) is 0 Å². The third-order valence-corrected chi connectivity index (χ3v) is 2.15. The number of halogens is 2. The Morgan fingerprint density at radius 3 is 2.58 bits per heavy atom. The van der Waals surface area contributed by atoms with E-state index in [1.54, 1.807) is 0 Å². The summed E-state index contributed by atoms with van der Waals surface area (Å²) in [5.41, 5.74) is 4.05. The predicted octanol–water partition coefficient (Wildman–Crippen LogP) is 1.26. The molecule has 1 aromatic carbocycles. The van der Waals surface area contributed by atoms with Gasteiger partial charge in [0.1, 0.15) is 6.61 Å². The first kappa shape index (κ1) is 14.7. The minimum absolute atomic E-state index is 0.0386. The highest BCUT2D eigenvalue weighted by Crippen LogP contribution is 2.21. The number of nitrogens with one attached hydrogen (secondary N) is 1. The molecule has 0 radical (unpaired) electrons. The first-order valence-corrected chi connectivity index (χ1v) is 5.19. The molecule has 0 fully saturated rings. The van der Waals surface area contributed by atoms with Crippen molar-refractivity contribution in [1.29, 1.82) is 0 Å². The zero-order valence-corrected chi connectivity index (χ0v) is 10.0. The van der Waals surface area contributed by atoms with Gasteiger partial charge in [-0.2, -0.15) is 0 Å². The lowest BCUT2D eigenvalue weighted by atomic mass is 10.2. The van der Waals surface area contributed by atoms with Crippen LogP contribution in [0.5, 0.6) is 0 Å². The Balaban J connectivity index is 2.74. The normalized spacial score (nSPS) is 9.84. The lowest BCUT2D eigenvalue weighted by Crippen LogP contribution is -2.19. The van der Waals surface area contributed by atoms with E-state index in [0.29, 0.717) is 0 Å². The molecule has 0 bridgehead atoms. The number of nitrogens with two attached hydrogens (primary N) is 1. The Bertz CT molecular complexity index is 494. The summed E-state index contributed by atoms with van der Waals surface area (Å²) in [5.74, 6) is -3.50. The quantitative estimate of drug-likeness (QED) is 0.623. The SMILES string of the molecule is COC(=O)c1ccc(NCCOC(N)=O)c(F)c1F. The highest BCUT2D eigenvalue weighted by Gasteiger charge is 2.18. The van der Waals surface area contributed by atoms with Gasteiger partial charge in [-0.15, -0.1) is 0 Å². The average molecular weight is 274 g/mol. The molecule has 0 atom stereocenters. The van der Waals surface area contributed by atoms with Crippen LogP contribution in [-0.4, -0.2) is 32.3 Å². The lowest BCUT2D eigenvalue weighted by Gasteiger charge is -2.09. The van der Waals surface area contributed by atoms with Crippen LogP contribution in [0.1, 0.15) is 10.4 Å². The summed E-state index contributed by atoms with van der Waals surface area (Å²) in [5, 5.41) is 2.49. The fraction of sp³-hybridized carbons (Fsp3) is 0.273. The van der Waals surface area contributed by atoms with E-state index in [4.69, 9.17) is 5.73 Å². The maximum absolute atomic E-state index is 13.6. The molecule has 19 heavy (non-hydrogen) atoms. The number of esters is 1. The third-order valence-electron chi connectivity index (χ3n) is 2.15. The van der Waals surface area contributed by atoms with Crippen molar-refractivity contribution in [3.8, 4) is 0 Å². The number of amides is 1. The highest BCUT2D eigenvalue weighted by molar-refractivity contribution is 5.90. The summed E-state index contributed by atoms with van der Waals surface area (Å²) >= 11 is 0. The van der Waals surface area contributed by atoms with Crippen LogP contribution in [0, 0.1) is 11.6 Å². The Morgan fingerprint density at radius 1 is 1.32 bits per heavy atom. The Labute approximate surface area is 107 Å². The minimum Gasteiger partial charge on any atom is -0.465 e. The van der Waals surface area contributed by atoms with Crippen molar-refractivity contribution < 1.29 is 27.8 Å². The zero-order chi connectivity index (χ0) is 14.4. The number of methoxy groups -OCH3 is 1. The molecule has 1 amide bonds. The van der Waals surface area contributed by atoms with Crippen molar-refractivity contribution in [3.05, 3.63) is 29.3 Å². The number of rotatable bonds is 5. The van der Waals surface area contributed by atoms with E-state index >= 15 is 0 Å². The van der Waals surface area contributed by atoms with Crippen LogP contribution in [0.4, 0.5) is 19.3 Å². The van der Waals surface area contributed by atoms with Crippen LogP contribution < -0.4 is 11.1 Å². The van der Waals surface area contributed by atoms with Crippen LogP contribution in [0.25, 0.3) is 0 Å². The summed E-state index contributed by atoms with van der Waals surface area (Å²) in [6.45, 7) is -0.0635. The number of ether oxygens (including phenoxy) is 2. The van der Waals surface area contributed by atoms with Gasteiger partial charge in [0.15, 0.2) is 11.6 Å². The molecular formula is C11H12F2N2O4. The number of hydrogen-bond donors (Lipinski definition) is 2. The van der Waals surface area contributed by atoms with Gasteiger partial charge in [-0.1, -0.05) is 0 Å². The molecule has 0 saturated carbocycles. The maximum Gasteiger partial charge on any atom is 0.404 e. The van der Waals surface area contributed by atoms with Crippen molar-refractivity contribution >= 4 is 17.7 Å². The second kappa shape index (κ2) is 6.53. The number of carbonyl (C=O) groups is 2. The van der Waals surface area contributed by atoms with Gasteiger partial charge in [-0.3, -0.25) is 0 Å². The van der Waals surface area contributed by atoms with Gasteiger partial charge in [0.2, 0.25) is 0 Å². The van der Waals surface area contributed by atoms with E-state index in [1.807, 2.05) is 0 Å². The largest absolute Gasteiger partial charge is 0.465 e. The summed E-state index contributed by atoms with van der Waals surface area (Å²) < 4.78 is 35.8. The molecule has 0 aromatic heterocycles. The van der Waals surface area contributed by atoms with Crippen LogP contribution in [0.15, 0.2) is 12.1 Å². The molecule has 1 aromatic rings. The molecule has 0 aliphatic heterocycles. The number of benzene rings is 1. The average Bonchev–Trinajstić information content (AvgIpc) is 2.38. The molecule has 8 heteroatoms. The van der Waals surface area contributed by atoms with Gasteiger partial charge in [-0.25, -0.2) is 18.4 Å². The van der Waals surface area contributed by atoms with Crippen molar-refractivity contribution in [2.24, 2.45) is 5.73 Å².